The fourth-order valence-corrected chi connectivity index (χ4v) is 6.01. The van der Waals surface area contributed by atoms with Crippen LogP contribution in [0.25, 0.3) is 0 Å². The van der Waals surface area contributed by atoms with Gasteiger partial charge in [-0.3, -0.25) is 9.44 Å². The minimum Gasteiger partial charge on any atom is -0.457 e. The third kappa shape index (κ3) is 7.28. The van der Waals surface area contributed by atoms with Crippen LogP contribution < -0.4 is 18.9 Å². The first kappa shape index (κ1) is 28.7. The van der Waals surface area contributed by atoms with Crippen molar-refractivity contribution in [3.63, 3.8) is 0 Å². The molecule has 0 bridgehead atoms. The second-order valence-electron chi connectivity index (χ2n) is 9.56. The van der Waals surface area contributed by atoms with Gasteiger partial charge >= 0.3 is 0 Å². The lowest BCUT2D eigenvalue weighted by Crippen LogP contribution is -2.12. The van der Waals surface area contributed by atoms with Crippen molar-refractivity contribution < 1.29 is 26.3 Å². The van der Waals surface area contributed by atoms with Gasteiger partial charge in [0.25, 0.3) is 20.0 Å². The van der Waals surface area contributed by atoms with Gasteiger partial charge in [0, 0.05) is 11.4 Å². The van der Waals surface area contributed by atoms with E-state index in [-0.39, 0.29) is 9.79 Å². The Labute approximate surface area is 245 Å². The average Bonchev–Trinajstić information content (AvgIpc) is 2.96. The lowest BCUT2D eigenvalue weighted by molar-refractivity contribution is 0.469. The van der Waals surface area contributed by atoms with Gasteiger partial charge in [-0.2, -0.15) is 0 Å². The van der Waals surface area contributed by atoms with Crippen LogP contribution in [-0.2, 0) is 20.0 Å². The molecule has 0 aromatic heterocycles. The summed E-state index contributed by atoms with van der Waals surface area (Å²) in [7, 11) is -7.38. The SMILES string of the molecule is Cc1ccc(S(=O)(=O)Nc2ccc(Oc3ccc(Oc4ccc(NS(=O)(=O)c5ccc(C)cc5)cc4)cc3)cc2)cc1. The standard InChI is InChI=1S/C32H28N2O6S2/c1-23-3-19-31(20-4-23)41(35,36)33-25-7-11-27(12-8-25)39-29-15-17-30(18-16-29)40-28-13-9-26(10-14-28)34-42(37,38)32-21-5-24(2)6-22-32/h3-22,33-34H,1-2H3. The number of nitrogens with one attached hydrogen (secondary N) is 2. The molecule has 0 radical (unpaired) electrons. The van der Waals surface area contributed by atoms with Gasteiger partial charge in [0.15, 0.2) is 0 Å². The monoisotopic (exact) mass is 600 g/mol. The molecule has 8 nitrogen and oxygen atoms in total. The third-order valence-corrected chi connectivity index (χ3v) is 8.97. The predicted octanol–water partition coefficient (Wildman–Crippen LogP) is 7.49. The summed E-state index contributed by atoms with van der Waals surface area (Å²) in [4.78, 5) is 0.379. The van der Waals surface area contributed by atoms with E-state index in [4.69, 9.17) is 9.47 Å². The zero-order valence-corrected chi connectivity index (χ0v) is 24.4. The van der Waals surface area contributed by atoms with E-state index >= 15 is 0 Å². The van der Waals surface area contributed by atoms with Crippen LogP contribution in [0.4, 0.5) is 11.4 Å². The number of ether oxygens (including phenoxy) is 2. The molecule has 5 aromatic rings. The van der Waals surface area contributed by atoms with Crippen LogP contribution in [0.1, 0.15) is 11.1 Å². The number of sulfonamides is 2. The van der Waals surface area contributed by atoms with Crippen molar-refractivity contribution in [3.05, 3.63) is 132 Å². The van der Waals surface area contributed by atoms with E-state index in [1.54, 1.807) is 121 Å². The van der Waals surface area contributed by atoms with Crippen LogP contribution in [0.3, 0.4) is 0 Å². The molecule has 0 aliphatic rings. The molecule has 0 aliphatic heterocycles. The number of benzene rings is 5. The maximum absolute atomic E-state index is 12.6. The Hall–Kier alpha value is -4.80. The highest BCUT2D eigenvalue weighted by atomic mass is 32.2. The first-order valence-corrected chi connectivity index (χ1v) is 15.9. The summed E-state index contributed by atoms with van der Waals surface area (Å²) in [6.45, 7) is 3.79. The van der Waals surface area contributed by atoms with E-state index in [2.05, 4.69) is 9.44 Å². The first-order chi connectivity index (χ1) is 20.1. The molecule has 0 spiro atoms. The fraction of sp³-hybridized carbons (Fsp3) is 0.0625. The van der Waals surface area contributed by atoms with Crippen LogP contribution in [0.15, 0.2) is 131 Å². The maximum atomic E-state index is 12.6. The Balaban J connectivity index is 1.16. The average molecular weight is 601 g/mol. The Morgan fingerprint density at radius 1 is 0.405 bits per heavy atom. The summed E-state index contributed by atoms with van der Waals surface area (Å²) >= 11 is 0. The third-order valence-electron chi connectivity index (χ3n) is 6.17. The van der Waals surface area contributed by atoms with Crippen LogP contribution in [0.2, 0.25) is 0 Å². The molecule has 0 atom stereocenters. The summed E-state index contributed by atoms with van der Waals surface area (Å²) in [5, 5.41) is 0. The molecular formula is C32H28N2O6S2. The fourth-order valence-electron chi connectivity index (χ4n) is 3.89. The number of rotatable bonds is 10. The summed E-state index contributed by atoms with van der Waals surface area (Å²) in [5.41, 5.74) is 2.79. The zero-order valence-electron chi connectivity index (χ0n) is 22.8. The minimum atomic E-state index is -3.69. The lowest BCUT2D eigenvalue weighted by Gasteiger charge is -2.11. The normalized spacial score (nSPS) is 11.5. The highest BCUT2D eigenvalue weighted by molar-refractivity contribution is 7.93. The number of hydrogen-bond donors (Lipinski definition) is 2. The van der Waals surface area contributed by atoms with Crippen molar-refractivity contribution in [2.45, 2.75) is 23.6 Å². The van der Waals surface area contributed by atoms with Gasteiger partial charge in [-0.05, 0) is 111 Å². The maximum Gasteiger partial charge on any atom is 0.261 e. The molecule has 0 unspecified atom stereocenters. The lowest BCUT2D eigenvalue weighted by atomic mass is 10.2. The molecule has 0 amide bonds. The van der Waals surface area contributed by atoms with Crippen molar-refractivity contribution in [1.82, 2.24) is 0 Å². The van der Waals surface area contributed by atoms with Gasteiger partial charge in [-0.1, -0.05) is 35.4 Å². The molecule has 0 fully saturated rings. The second-order valence-corrected chi connectivity index (χ2v) is 12.9. The summed E-state index contributed by atoms with van der Waals surface area (Å²) in [5.74, 6) is 2.20. The number of hydrogen-bond acceptors (Lipinski definition) is 6. The Kier molecular flexibility index (Phi) is 8.19. The topological polar surface area (TPSA) is 111 Å². The van der Waals surface area contributed by atoms with E-state index in [1.165, 1.54) is 0 Å². The van der Waals surface area contributed by atoms with Gasteiger partial charge in [0.05, 0.1) is 9.79 Å². The molecule has 5 rings (SSSR count). The van der Waals surface area contributed by atoms with Gasteiger partial charge in [0.1, 0.15) is 23.0 Å². The highest BCUT2D eigenvalue weighted by Crippen LogP contribution is 2.29. The summed E-state index contributed by atoms with van der Waals surface area (Å²) < 4.78 is 67.3. The quantitative estimate of drug-likeness (QED) is 0.172. The van der Waals surface area contributed by atoms with E-state index in [9.17, 15) is 16.8 Å². The number of anilines is 2. The molecule has 0 heterocycles. The molecule has 10 heteroatoms. The Morgan fingerprint density at radius 2 is 0.667 bits per heavy atom. The van der Waals surface area contributed by atoms with Crippen molar-refractivity contribution in [2.75, 3.05) is 9.44 Å². The number of aryl methyl sites for hydroxylation is 2. The van der Waals surface area contributed by atoms with Gasteiger partial charge in [0.2, 0.25) is 0 Å². The Bertz CT molecular complexity index is 1730. The Morgan fingerprint density at radius 3 is 0.952 bits per heavy atom. The van der Waals surface area contributed by atoms with Crippen molar-refractivity contribution >= 4 is 31.4 Å². The van der Waals surface area contributed by atoms with E-state index in [1.807, 2.05) is 13.8 Å². The molecule has 2 N–H and O–H groups in total. The molecule has 0 saturated heterocycles. The van der Waals surface area contributed by atoms with Gasteiger partial charge < -0.3 is 9.47 Å². The van der Waals surface area contributed by atoms with Gasteiger partial charge in [-0.15, -0.1) is 0 Å². The predicted molar refractivity (Wildman–Crippen MR) is 163 cm³/mol. The van der Waals surface area contributed by atoms with E-state index in [0.717, 1.165) is 11.1 Å². The molecule has 0 saturated carbocycles. The van der Waals surface area contributed by atoms with Crippen molar-refractivity contribution in [2.24, 2.45) is 0 Å². The molecule has 5 aromatic carbocycles. The zero-order chi connectivity index (χ0) is 29.7. The van der Waals surface area contributed by atoms with Crippen LogP contribution in [0, 0.1) is 13.8 Å². The van der Waals surface area contributed by atoms with Gasteiger partial charge in [-0.25, -0.2) is 16.8 Å². The van der Waals surface area contributed by atoms with Crippen LogP contribution >= 0.6 is 0 Å². The summed E-state index contributed by atoms with van der Waals surface area (Å²) in [6, 6.07) is 33.4. The smallest absolute Gasteiger partial charge is 0.261 e. The van der Waals surface area contributed by atoms with Crippen LogP contribution in [-0.4, -0.2) is 16.8 Å². The van der Waals surface area contributed by atoms with E-state index in [0.29, 0.717) is 34.4 Å². The van der Waals surface area contributed by atoms with Crippen molar-refractivity contribution in [3.8, 4) is 23.0 Å². The molecule has 0 aliphatic carbocycles. The van der Waals surface area contributed by atoms with Crippen molar-refractivity contribution in [1.29, 1.82) is 0 Å². The molecular weight excluding hydrogens is 572 g/mol. The van der Waals surface area contributed by atoms with E-state index < -0.39 is 20.0 Å². The molecule has 42 heavy (non-hydrogen) atoms. The van der Waals surface area contributed by atoms with Crippen LogP contribution in [0.5, 0.6) is 23.0 Å². The highest BCUT2D eigenvalue weighted by Gasteiger charge is 2.15. The first-order valence-electron chi connectivity index (χ1n) is 12.9. The minimum absolute atomic E-state index is 0.189. The second kappa shape index (κ2) is 12.0. The molecule has 214 valence electrons. The largest absolute Gasteiger partial charge is 0.457 e. The summed E-state index contributed by atoms with van der Waals surface area (Å²) in [6.07, 6.45) is 0.